The third kappa shape index (κ3) is 13.0. The van der Waals surface area contributed by atoms with Crippen molar-refractivity contribution in [2.45, 2.75) is 38.5 Å². The van der Waals surface area contributed by atoms with Crippen molar-refractivity contribution in [3.05, 3.63) is 114 Å². The number of piperazine rings is 1. The summed E-state index contributed by atoms with van der Waals surface area (Å²) >= 11 is 0. The molecular formula is C43H46N2O11. The summed E-state index contributed by atoms with van der Waals surface area (Å²) in [7, 11) is 3.44. The molecule has 13 heteroatoms. The summed E-state index contributed by atoms with van der Waals surface area (Å²) in [4.78, 5) is 65.9. The minimum atomic E-state index is -0.640. The lowest BCUT2D eigenvalue weighted by Gasteiger charge is -2.34. The molecule has 1 heterocycles. The van der Waals surface area contributed by atoms with Crippen molar-refractivity contribution in [1.29, 1.82) is 0 Å². The number of benzene rings is 4. The van der Waals surface area contributed by atoms with E-state index in [9.17, 15) is 24.0 Å². The van der Waals surface area contributed by atoms with Crippen LogP contribution in [0.4, 0.5) is 5.69 Å². The minimum absolute atomic E-state index is 0.118. The fourth-order valence-corrected chi connectivity index (χ4v) is 5.64. The molecule has 1 aliphatic rings. The van der Waals surface area contributed by atoms with Crippen molar-refractivity contribution in [2.75, 3.05) is 58.5 Å². The first-order chi connectivity index (χ1) is 27.2. The second-order valence-electron chi connectivity index (χ2n) is 13.1. The van der Waals surface area contributed by atoms with Gasteiger partial charge < -0.3 is 38.2 Å². The van der Waals surface area contributed by atoms with E-state index in [-0.39, 0.29) is 36.5 Å². The van der Waals surface area contributed by atoms with E-state index in [0.29, 0.717) is 35.7 Å². The number of hydrogen-bond acceptors (Lipinski definition) is 13. The minimum Gasteiger partial charge on any atom is -0.494 e. The van der Waals surface area contributed by atoms with Crippen LogP contribution >= 0.6 is 0 Å². The molecule has 0 amide bonds. The van der Waals surface area contributed by atoms with Crippen molar-refractivity contribution in [3.63, 3.8) is 0 Å². The van der Waals surface area contributed by atoms with Crippen LogP contribution in [0.5, 0.6) is 23.0 Å². The van der Waals surface area contributed by atoms with Crippen molar-refractivity contribution in [3.8, 4) is 23.0 Å². The summed E-state index contributed by atoms with van der Waals surface area (Å²) in [6.45, 7) is 4.66. The molecule has 13 nitrogen and oxygen atoms in total. The zero-order valence-corrected chi connectivity index (χ0v) is 31.6. The number of likely N-dealkylation sites (N-methyl/N-ethyl adjacent to an activating group) is 1. The number of methoxy groups -OCH3 is 1. The molecule has 1 saturated heterocycles. The Balaban J connectivity index is 0.927. The van der Waals surface area contributed by atoms with Crippen molar-refractivity contribution < 1.29 is 52.4 Å². The highest BCUT2D eigenvalue weighted by Gasteiger charge is 2.16. The van der Waals surface area contributed by atoms with Crippen LogP contribution in [0, 0.1) is 0 Å². The molecule has 0 saturated carbocycles. The van der Waals surface area contributed by atoms with Crippen molar-refractivity contribution >= 4 is 35.5 Å². The molecule has 0 radical (unpaired) electrons. The van der Waals surface area contributed by atoms with E-state index in [1.807, 2.05) is 12.1 Å². The highest BCUT2D eigenvalue weighted by molar-refractivity contribution is 5.93. The highest BCUT2D eigenvalue weighted by Crippen LogP contribution is 2.23. The SMILES string of the molecule is COC(=O)c1ccc(OCCCCCCOC(=O)CCC(=O)Oc2ccc(C(=O)Oc3ccc(C(=O)Oc4ccc(N5CCN(C)CC5)cc4)cc3)cc2)cc1. The summed E-state index contributed by atoms with van der Waals surface area (Å²) in [6, 6.07) is 26.0. The Morgan fingerprint density at radius 1 is 0.500 bits per heavy atom. The number of anilines is 1. The predicted molar refractivity (Wildman–Crippen MR) is 207 cm³/mol. The van der Waals surface area contributed by atoms with Gasteiger partial charge in [-0.3, -0.25) is 9.59 Å². The fraction of sp³-hybridized carbons (Fsp3) is 0.326. The van der Waals surface area contributed by atoms with E-state index in [4.69, 9.17) is 23.7 Å². The third-order valence-electron chi connectivity index (χ3n) is 8.92. The van der Waals surface area contributed by atoms with Crippen LogP contribution in [0.25, 0.3) is 0 Å². The molecule has 56 heavy (non-hydrogen) atoms. The molecule has 5 rings (SSSR count). The third-order valence-corrected chi connectivity index (χ3v) is 8.92. The molecule has 0 bridgehead atoms. The van der Waals surface area contributed by atoms with E-state index in [2.05, 4.69) is 21.6 Å². The van der Waals surface area contributed by atoms with Crippen LogP contribution in [0.2, 0.25) is 0 Å². The molecule has 0 unspecified atom stereocenters. The van der Waals surface area contributed by atoms with Gasteiger partial charge in [-0.25, -0.2) is 14.4 Å². The highest BCUT2D eigenvalue weighted by atomic mass is 16.6. The average molecular weight is 767 g/mol. The molecule has 294 valence electrons. The monoisotopic (exact) mass is 766 g/mol. The van der Waals surface area contributed by atoms with Crippen LogP contribution in [0.3, 0.4) is 0 Å². The fourth-order valence-electron chi connectivity index (χ4n) is 5.64. The molecule has 0 aromatic heterocycles. The van der Waals surface area contributed by atoms with Crippen molar-refractivity contribution in [2.24, 2.45) is 0 Å². The smallest absolute Gasteiger partial charge is 0.343 e. The normalized spacial score (nSPS) is 12.6. The van der Waals surface area contributed by atoms with Gasteiger partial charge in [0.25, 0.3) is 0 Å². The van der Waals surface area contributed by atoms with Gasteiger partial charge >= 0.3 is 29.8 Å². The molecule has 0 atom stereocenters. The molecule has 4 aromatic rings. The second kappa shape index (κ2) is 21.0. The number of esters is 5. The maximum absolute atomic E-state index is 12.7. The van der Waals surface area contributed by atoms with Gasteiger partial charge in [0.1, 0.15) is 23.0 Å². The van der Waals surface area contributed by atoms with Crippen molar-refractivity contribution in [1.82, 2.24) is 4.90 Å². The second-order valence-corrected chi connectivity index (χ2v) is 13.1. The number of carbonyl (C=O) groups excluding carboxylic acids is 5. The Labute approximate surface area is 326 Å². The number of rotatable bonds is 18. The standard InChI is InChI=1S/C43H46N2O11/c1-44-25-27-45(28-26-44)34-13-21-38(22-14-34)56-43(50)33-11-19-37(20-12-33)55-42(49)32-9-17-36(18-10-32)54-40(47)24-23-39(46)53-30-6-4-3-5-29-52-35-15-7-31(8-16-35)41(48)51-2/h7-22H,3-6,23-30H2,1-2H3. The van der Waals surface area contributed by atoms with Gasteiger partial charge in [-0.05, 0) is 130 Å². The van der Waals surface area contributed by atoms with Gasteiger partial charge in [0, 0.05) is 31.9 Å². The van der Waals surface area contributed by atoms with E-state index < -0.39 is 29.8 Å². The summed E-state index contributed by atoms with van der Waals surface area (Å²) in [5.41, 5.74) is 2.05. The average Bonchev–Trinajstić information content (AvgIpc) is 3.22. The van der Waals surface area contributed by atoms with Gasteiger partial charge in [-0.15, -0.1) is 0 Å². The summed E-state index contributed by atoms with van der Waals surface area (Å²) in [5.74, 6) is -1.14. The molecule has 1 aliphatic heterocycles. The van der Waals surface area contributed by atoms with Gasteiger partial charge in [0.2, 0.25) is 0 Å². The van der Waals surface area contributed by atoms with E-state index >= 15 is 0 Å². The maximum Gasteiger partial charge on any atom is 0.343 e. The first-order valence-electron chi connectivity index (χ1n) is 18.5. The number of unbranched alkanes of at least 4 members (excludes halogenated alkanes) is 3. The number of ether oxygens (including phenoxy) is 6. The Bertz CT molecular complexity index is 1900. The molecule has 4 aromatic carbocycles. The van der Waals surface area contributed by atoms with E-state index in [0.717, 1.165) is 51.1 Å². The lowest BCUT2D eigenvalue weighted by atomic mass is 10.2. The van der Waals surface area contributed by atoms with Gasteiger partial charge in [0.15, 0.2) is 0 Å². The Morgan fingerprint density at radius 2 is 0.946 bits per heavy atom. The van der Waals surface area contributed by atoms with Crippen LogP contribution in [-0.4, -0.2) is 88.3 Å². The Morgan fingerprint density at radius 3 is 1.48 bits per heavy atom. The molecule has 0 N–H and O–H groups in total. The van der Waals surface area contributed by atoms with E-state index in [1.54, 1.807) is 36.4 Å². The van der Waals surface area contributed by atoms with Gasteiger partial charge in [-0.2, -0.15) is 0 Å². The first-order valence-corrected chi connectivity index (χ1v) is 18.5. The number of hydrogen-bond donors (Lipinski definition) is 0. The zero-order chi connectivity index (χ0) is 39.7. The quantitative estimate of drug-likeness (QED) is 0.0615. The number of nitrogens with zero attached hydrogens (tertiary/aromatic N) is 2. The summed E-state index contributed by atoms with van der Waals surface area (Å²) in [5, 5.41) is 0. The first kappa shape index (κ1) is 41.0. The lowest BCUT2D eigenvalue weighted by Crippen LogP contribution is -2.44. The largest absolute Gasteiger partial charge is 0.494 e. The zero-order valence-electron chi connectivity index (χ0n) is 31.6. The molecule has 0 aliphatic carbocycles. The summed E-state index contributed by atoms with van der Waals surface area (Å²) in [6.07, 6.45) is 2.97. The van der Waals surface area contributed by atoms with E-state index in [1.165, 1.54) is 55.6 Å². The lowest BCUT2D eigenvalue weighted by molar-refractivity contribution is -0.147. The summed E-state index contributed by atoms with van der Waals surface area (Å²) < 4.78 is 31.8. The maximum atomic E-state index is 12.7. The Hall–Kier alpha value is -6.21. The van der Waals surface area contributed by atoms with Crippen LogP contribution < -0.4 is 23.8 Å². The van der Waals surface area contributed by atoms with Crippen LogP contribution in [-0.2, 0) is 19.1 Å². The Kier molecular flexibility index (Phi) is 15.4. The van der Waals surface area contributed by atoms with Crippen LogP contribution in [0.1, 0.15) is 69.6 Å². The van der Waals surface area contributed by atoms with Gasteiger partial charge in [-0.1, -0.05) is 0 Å². The predicted octanol–water partition coefficient (Wildman–Crippen LogP) is 6.53. The topological polar surface area (TPSA) is 147 Å². The van der Waals surface area contributed by atoms with Gasteiger partial charge in [0.05, 0.1) is 49.9 Å². The molecule has 0 spiro atoms. The van der Waals surface area contributed by atoms with Crippen LogP contribution in [0.15, 0.2) is 97.1 Å². The molecular weight excluding hydrogens is 720 g/mol. The number of carbonyl (C=O) groups is 5. The molecule has 1 fully saturated rings.